The Hall–Kier alpha value is -3.07. The van der Waals surface area contributed by atoms with Crippen LogP contribution < -0.4 is 21.3 Å². The van der Waals surface area contributed by atoms with Crippen LogP contribution in [0.3, 0.4) is 0 Å². The van der Waals surface area contributed by atoms with Gasteiger partial charge in [0.25, 0.3) is 5.56 Å². The van der Waals surface area contributed by atoms with Crippen LogP contribution in [0.15, 0.2) is 44.9 Å². The standard InChI is InChI=1S/C22H26N4O4S/c1-5-6-9-14-12-23-20-18(21(28)26(3)22(29)25(20)2)19(14)31-13-17(27)24-15-10-7-8-11-16(15)30-4/h7-8,10-12H,5-6,9,13H2,1-4H3,(H,24,27). The number of fused-ring (bicyclic) bond motifs is 1. The summed E-state index contributed by atoms with van der Waals surface area (Å²) in [6.45, 7) is 2.09. The van der Waals surface area contributed by atoms with E-state index in [-0.39, 0.29) is 11.7 Å². The Balaban J connectivity index is 1.98. The molecule has 1 aromatic carbocycles. The van der Waals surface area contributed by atoms with Crippen LogP contribution in [0.4, 0.5) is 5.69 Å². The molecule has 0 aliphatic carbocycles. The molecule has 9 heteroatoms. The fraction of sp³-hybridized carbons (Fsp3) is 0.364. The Morgan fingerprint density at radius 2 is 1.94 bits per heavy atom. The van der Waals surface area contributed by atoms with E-state index in [2.05, 4.69) is 17.2 Å². The van der Waals surface area contributed by atoms with Crippen LogP contribution in [0.1, 0.15) is 25.3 Å². The lowest BCUT2D eigenvalue weighted by atomic mass is 10.1. The van der Waals surface area contributed by atoms with Crippen molar-refractivity contribution in [3.05, 3.63) is 56.9 Å². The molecule has 8 nitrogen and oxygen atoms in total. The van der Waals surface area contributed by atoms with Crippen LogP contribution in [0, 0.1) is 0 Å². The minimum atomic E-state index is -0.434. The molecular weight excluding hydrogens is 416 g/mol. The molecule has 0 fully saturated rings. The lowest BCUT2D eigenvalue weighted by Crippen LogP contribution is -2.37. The second kappa shape index (κ2) is 9.82. The number of carbonyl (C=O) groups excluding carboxylic acids is 1. The average molecular weight is 443 g/mol. The summed E-state index contributed by atoms with van der Waals surface area (Å²) in [7, 11) is 4.58. The Morgan fingerprint density at radius 3 is 2.65 bits per heavy atom. The molecule has 1 amide bonds. The largest absolute Gasteiger partial charge is 0.495 e. The van der Waals surface area contributed by atoms with Crippen molar-refractivity contribution in [2.24, 2.45) is 14.1 Å². The number of nitrogens with one attached hydrogen (secondary N) is 1. The van der Waals surface area contributed by atoms with Gasteiger partial charge in [-0.3, -0.25) is 18.7 Å². The fourth-order valence-electron chi connectivity index (χ4n) is 3.32. The predicted octanol–water partition coefficient (Wildman–Crippen LogP) is 2.71. The van der Waals surface area contributed by atoms with Crippen molar-refractivity contribution in [1.82, 2.24) is 14.1 Å². The fourth-order valence-corrected chi connectivity index (χ4v) is 4.33. The van der Waals surface area contributed by atoms with Crippen LogP contribution in [0.5, 0.6) is 5.75 Å². The molecule has 0 atom stereocenters. The van der Waals surface area contributed by atoms with E-state index < -0.39 is 11.2 Å². The van der Waals surface area contributed by atoms with Crippen molar-refractivity contribution in [3.63, 3.8) is 0 Å². The third kappa shape index (κ3) is 4.66. The summed E-state index contributed by atoms with van der Waals surface area (Å²) in [4.78, 5) is 43.0. The Kier molecular flexibility index (Phi) is 7.17. The summed E-state index contributed by atoms with van der Waals surface area (Å²) < 4.78 is 7.71. The zero-order valence-electron chi connectivity index (χ0n) is 18.1. The van der Waals surface area contributed by atoms with Gasteiger partial charge < -0.3 is 10.1 Å². The Bertz CT molecular complexity index is 1230. The van der Waals surface area contributed by atoms with Crippen molar-refractivity contribution >= 4 is 34.4 Å². The number of aryl methyl sites for hydroxylation is 2. The molecule has 0 unspecified atom stereocenters. The second-order valence-electron chi connectivity index (χ2n) is 7.16. The molecule has 2 aromatic heterocycles. The number of nitrogens with zero attached hydrogens (tertiary/aromatic N) is 3. The highest BCUT2D eigenvalue weighted by Crippen LogP contribution is 2.30. The maximum atomic E-state index is 12.9. The van der Waals surface area contributed by atoms with Crippen LogP contribution in [0.2, 0.25) is 0 Å². The van der Waals surface area contributed by atoms with Gasteiger partial charge in [0, 0.05) is 25.2 Å². The molecule has 0 bridgehead atoms. The third-order valence-electron chi connectivity index (χ3n) is 5.02. The molecule has 0 aliphatic rings. The molecule has 3 rings (SSSR count). The number of unbranched alkanes of at least 4 members (excludes halogenated alkanes) is 1. The molecule has 1 N–H and O–H groups in total. The van der Waals surface area contributed by atoms with E-state index >= 15 is 0 Å². The first-order chi connectivity index (χ1) is 14.9. The monoisotopic (exact) mass is 442 g/mol. The van der Waals surface area contributed by atoms with Gasteiger partial charge in [0.15, 0.2) is 0 Å². The number of anilines is 1. The number of para-hydroxylation sites is 2. The topological polar surface area (TPSA) is 95.2 Å². The van der Waals surface area contributed by atoms with Gasteiger partial charge in [-0.1, -0.05) is 25.5 Å². The number of hydrogen-bond acceptors (Lipinski definition) is 6. The number of rotatable bonds is 8. The summed E-state index contributed by atoms with van der Waals surface area (Å²) in [6, 6.07) is 7.18. The summed E-state index contributed by atoms with van der Waals surface area (Å²) in [5, 5.41) is 3.22. The van der Waals surface area contributed by atoms with Gasteiger partial charge >= 0.3 is 5.69 Å². The first kappa shape index (κ1) is 22.6. The zero-order valence-corrected chi connectivity index (χ0v) is 18.9. The van der Waals surface area contributed by atoms with Gasteiger partial charge in [-0.25, -0.2) is 9.78 Å². The first-order valence-corrected chi connectivity index (χ1v) is 11.0. The number of carbonyl (C=O) groups is 1. The van der Waals surface area contributed by atoms with E-state index in [1.54, 1.807) is 32.5 Å². The first-order valence-electron chi connectivity index (χ1n) is 10.0. The maximum absolute atomic E-state index is 12.9. The highest BCUT2D eigenvalue weighted by molar-refractivity contribution is 8.00. The minimum Gasteiger partial charge on any atom is -0.495 e. The Labute approximate surface area is 184 Å². The van der Waals surface area contributed by atoms with Gasteiger partial charge in [0.2, 0.25) is 5.91 Å². The van der Waals surface area contributed by atoms with E-state index in [9.17, 15) is 14.4 Å². The minimum absolute atomic E-state index is 0.0995. The summed E-state index contributed by atoms with van der Waals surface area (Å²) in [6.07, 6.45) is 4.36. The van der Waals surface area contributed by atoms with Crippen LogP contribution in [-0.2, 0) is 25.3 Å². The predicted molar refractivity (Wildman–Crippen MR) is 123 cm³/mol. The molecule has 3 aromatic rings. The van der Waals surface area contributed by atoms with Gasteiger partial charge in [0.05, 0.1) is 23.9 Å². The van der Waals surface area contributed by atoms with Crippen LogP contribution in [-0.4, -0.2) is 32.9 Å². The van der Waals surface area contributed by atoms with Gasteiger partial charge in [-0.05, 0) is 30.5 Å². The molecule has 2 heterocycles. The highest BCUT2D eigenvalue weighted by Gasteiger charge is 2.19. The molecule has 0 saturated carbocycles. The summed E-state index contributed by atoms with van der Waals surface area (Å²) >= 11 is 1.28. The number of hydrogen-bond donors (Lipinski definition) is 1. The molecular formula is C22H26N4O4S. The van der Waals surface area contributed by atoms with Crippen molar-refractivity contribution in [2.75, 3.05) is 18.2 Å². The quantitative estimate of drug-likeness (QED) is 0.539. The van der Waals surface area contributed by atoms with Gasteiger partial charge in [-0.2, -0.15) is 0 Å². The highest BCUT2D eigenvalue weighted by atomic mass is 32.2. The number of aromatic nitrogens is 3. The summed E-state index contributed by atoms with van der Waals surface area (Å²) in [5.41, 5.74) is 0.966. The zero-order chi connectivity index (χ0) is 22.5. The number of thioether (sulfide) groups is 1. The van der Waals surface area contributed by atoms with E-state index in [4.69, 9.17) is 4.74 Å². The molecule has 164 valence electrons. The maximum Gasteiger partial charge on any atom is 0.332 e. The van der Waals surface area contributed by atoms with Crippen LogP contribution >= 0.6 is 11.8 Å². The summed E-state index contributed by atoms with van der Waals surface area (Å²) in [5.74, 6) is 0.452. The van der Waals surface area contributed by atoms with Crippen molar-refractivity contribution in [2.45, 2.75) is 31.1 Å². The van der Waals surface area contributed by atoms with Crippen molar-refractivity contribution in [3.8, 4) is 5.75 Å². The van der Waals surface area contributed by atoms with Gasteiger partial charge in [0.1, 0.15) is 11.4 Å². The normalized spacial score (nSPS) is 11.0. The number of amides is 1. The molecule has 31 heavy (non-hydrogen) atoms. The average Bonchev–Trinajstić information content (AvgIpc) is 2.78. The van der Waals surface area contributed by atoms with Crippen molar-refractivity contribution < 1.29 is 9.53 Å². The number of methoxy groups -OCH3 is 1. The van der Waals surface area contributed by atoms with E-state index in [1.807, 2.05) is 12.1 Å². The molecule has 0 aliphatic heterocycles. The third-order valence-corrected chi connectivity index (χ3v) is 6.18. The second-order valence-corrected chi connectivity index (χ2v) is 8.14. The van der Waals surface area contributed by atoms with E-state index in [0.29, 0.717) is 27.4 Å². The number of pyridine rings is 1. The van der Waals surface area contributed by atoms with E-state index in [0.717, 1.165) is 29.4 Å². The molecule has 0 saturated heterocycles. The van der Waals surface area contributed by atoms with E-state index in [1.165, 1.54) is 23.4 Å². The Morgan fingerprint density at radius 1 is 1.19 bits per heavy atom. The lowest BCUT2D eigenvalue weighted by molar-refractivity contribution is -0.113. The smallest absolute Gasteiger partial charge is 0.332 e. The van der Waals surface area contributed by atoms with Crippen LogP contribution in [0.25, 0.3) is 11.0 Å². The lowest BCUT2D eigenvalue weighted by Gasteiger charge is -2.14. The molecule has 0 radical (unpaired) electrons. The van der Waals surface area contributed by atoms with Crippen molar-refractivity contribution in [1.29, 1.82) is 0 Å². The SMILES string of the molecule is CCCCc1cnc2c(c1SCC(=O)Nc1ccccc1OC)c(=O)n(C)c(=O)n2C. The van der Waals surface area contributed by atoms with Gasteiger partial charge in [-0.15, -0.1) is 11.8 Å². The number of benzene rings is 1. The molecule has 0 spiro atoms. The number of ether oxygens (including phenoxy) is 1.